The van der Waals surface area contributed by atoms with E-state index in [1.54, 1.807) is 35.1 Å². The Morgan fingerprint density at radius 2 is 1.11 bits per heavy atom. The molecule has 5 aromatic rings. The monoisotopic (exact) mass is 519 g/mol. The second-order valence-electron chi connectivity index (χ2n) is 7.72. The smallest absolute Gasteiger partial charge is 0.232 e. The van der Waals surface area contributed by atoms with Crippen LogP contribution in [0.2, 0.25) is 5.28 Å². The molecular weight excluding hydrogens is 498 g/mol. The normalized spacial score (nSPS) is 10.9. The van der Waals surface area contributed by atoms with Crippen molar-refractivity contribution in [1.29, 1.82) is 0 Å². The Morgan fingerprint density at radius 1 is 0.600 bits per heavy atom. The highest BCUT2D eigenvalue weighted by molar-refractivity contribution is 7.10. The van der Waals surface area contributed by atoms with Gasteiger partial charge >= 0.3 is 0 Å². The molecule has 0 aliphatic heterocycles. The number of nitrogens with zero attached hydrogens (tertiary/aromatic N) is 7. The molecule has 176 valence electrons. The molecule has 0 aromatic carbocycles. The third-order valence-electron chi connectivity index (χ3n) is 5.16. The fourth-order valence-electron chi connectivity index (χ4n) is 3.56. The minimum Gasteiger partial charge on any atom is -0.330 e. The van der Waals surface area contributed by atoms with Crippen LogP contribution in [0.15, 0.2) is 83.8 Å². The second kappa shape index (κ2) is 11.4. The van der Waals surface area contributed by atoms with Crippen LogP contribution in [0.25, 0.3) is 0 Å². The van der Waals surface area contributed by atoms with E-state index >= 15 is 0 Å². The summed E-state index contributed by atoms with van der Waals surface area (Å²) in [7, 11) is 0. The third kappa shape index (κ3) is 6.39. The van der Waals surface area contributed by atoms with E-state index in [9.17, 15) is 0 Å². The van der Waals surface area contributed by atoms with Crippen molar-refractivity contribution in [3.05, 3.63) is 110 Å². The van der Waals surface area contributed by atoms with Gasteiger partial charge in [0.15, 0.2) is 0 Å². The first-order chi connectivity index (χ1) is 17.2. The van der Waals surface area contributed by atoms with Crippen molar-refractivity contribution in [1.82, 2.24) is 24.9 Å². The predicted octanol–water partition coefficient (Wildman–Crippen LogP) is 5.85. The third-order valence-corrected chi connectivity index (χ3v) is 7.05. The van der Waals surface area contributed by atoms with Gasteiger partial charge in [0.25, 0.3) is 0 Å². The predicted molar refractivity (Wildman–Crippen MR) is 142 cm³/mol. The Kier molecular flexibility index (Phi) is 7.57. The lowest BCUT2D eigenvalue weighted by molar-refractivity contribution is 0.719. The van der Waals surface area contributed by atoms with E-state index in [-0.39, 0.29) is 5.28 Å². The molecule has 35 heavy (non-hydrogen) atoms. The molecule has 5 heterocycles. The first-order valence-electron chi connectivity index (χ1n) is 11.0. The van der Waals surface area contributed by atoms with Crippen LogP contribution >= 0.6 is 34.3 Å². The first kappa shape index (κ1) is 23.3. The first-order valence-corrected chi connectivity index (χ1v) is 13.1. The maximum Gasteiger partial charge on any atom is 0.232 e. The van der Waals surface area contributed by atoms with E-state index in [0.717, 1.165) is 11.4 Å². The maximum atomic E-state index is 6.47. The molecule has 0 atom stereocenters. The van der Waals surface area contributed by atoms with Crippen molar-refractivity contribution >= 4 is 46.2 Å². The van der Waals surface area contributed by atoms with Gasteiger partial charge in [0.1, 0.15) is 0 Å². The summed E-state index contributed by atoms with van der Waals surface area (Å²) in [4.78, 5) is 29.4. The van der Waals surface area contributed by atoms with Crippen molar-refractivity contribution in [3.8, 4) is 0 Å². The van der Waals surface area contributed by atoms with E-state index in [0.29, 0.717) is 38.1 Å². The summed E-state index contributed by atoms with van der Waals surface area (Å²) >= 11 is 9.85. The van der Waals surface area contributed by atoms with Gasteiger partial charge in [-0.3, -0.25) is 9.97 Å². The number of thiophene rings is 2. The van der Waals surface area contributed by atoms with Gasteiger partial charge in [0.2, 0.25) is 17.2 Å². The Hall–Kier alpha value is -3.40. The van der Waals surface area contributed by atoms with Crippen molar-refractivity contribution in [3.63, 3.8) is 0 Å². The lowest BCUT2D eigenvalue weighted by Crippen LogP contribution is -2.28. The van der Waals surface area contributed by atoms with Crippen molar-refractivity contribution in [2.24, 2.45) is 0 Å². The molecule has 0 spiro atoms. The van der Waals surface area contributed by atoms with Gasteiger partial charge in [-0.05, 0) is 58.8 Å². The molecule has 10 heteroatoms. The fraction of sp³-hybridized carbons (Fsp3) is 0.160. The lowest BCUT2D eigenvalue weighted by Gasteiger charge is -2.25. The quantitative estimate of drug-likeness (QED) is 0.229. The molecule has 0 aliphatic carbocycles. The van der Waals surface area contributed by atoms with Crippen LogP contribution in [0.4, 0.5) is 11.9 Å². The zero-order valence-electron chi connectivity index (χ0n) is 18.7. The Morgan fingerprint density at radius 3 is 1.51 bits per heavy atom. The van der Waals surface area contributed by atoms with Crippen LogP contribution in [0, 0.1) is 0 Å². The SMILES string of the molecule is Clc1nc(N(Cc2ccccn2)Cc2cccs2)nc(N(Cc2ccccn2)Cc2cccs2)n1. The van der Waals surface area contributed by atoms with Crippen LogP contribution < -0.4 is 9.80 Å². The van der Waals surface area contributed by atoms with Crippen LogP contribution in [-0.4, -0.2) is 24.9 Å². The van der Waals surface area contributed by atoms with Gasteiger partial charge in [-0.2, -0.15) is 15.0 Å². The molecule has 0 bridgehead atoms. The average Bonchev–Trinajstić information content (AvgIpc) is 3.59. The summed E-state index contributed by atoms with van der Waals surface area (Å²) in [6.45, 7) is 2.37. The molecule has 0 unspecified atom stereocenters. The molecule has 7 nitrogen and oxygen atoms in total. The van der Waals surface area contributed by atoms with E-state index in [1.807, 2.05) is 48.5 Å². The summed E-state index contributed by atoms with van der Waals surface area (Å²) in [6.07, 6.45) is 3.58. The van der Waals surface area contributed by atoms with Crippen LogP contribution in [0.5, 0.6) is 0 Å². The number of halogens is 1. The van der Waals surface area contributed by atoms with Gasteiger partial charge in [-0.1, -0.05) is 24.3 Å². The number of hydrogen-bond acceptors (Lipinski definition) is 9. The topological polar surface area (TPSA) is 70.9 Å². The summed E-state index contributed by atoms with van der Waals surface area (Å²) in [5.74, 6) is 1.02. The Balaban J connectivity index is 1.50. The summed E-state index contributed by atoms with van der Waals surface area (Å²) in [6, 6.07) is 20.1. The van der Waals surface area contributed by atoms with Gasteiger partial charge in [0, 0.05) is 22.1 Å². The number of pyridine rings is 2. The minimum absolute atomic E-state index is 0.152. The molecule has 0 N–H and O–H groups in total. The second-order valence-corrected chi connectivity index (χ2v) is 10.1. The molecule has 0 fully saturated rings. The standard InChI is InChI=1S/C25H22ClN7S2/c26-23-29-24(32(17-21-9-5-13-34-21)15-19-7-1-3-11-27-19)31-25(30-23)33(18-22-10-6-14-35-22)16-20-8-2-4-12-28-20/h1-14H,15-18H2. The van der Waals surface area contributed by atoms with Crippen molar-refractivity contribution < 1.29 is 0 Å². The fourth-order valence-corrected chi connectivity index (χ4v) is 5.15. The van der Waals surface area contributed by atoms with Crippen LogP contribution in [-0.2, 0) is 26.2 Å². The highest BCUT2D eigenvalue weighted by Gasteiger charge is 2.20. The van der Waals surface area contributed by atoms with Gasteiger partial charge in [-0.15, -0.1) is 22.7 Å². The average molecular weight is 520 g/mol. The number of hydrogen-bond donors (Lipinski definition) is 0. The summed E-state index contributed by atoms with van der Waals surface area (Å²) < 4.78 is 0. The van der Waals surface area contributed by atoms with E-state index in [4.69, 9.17) is 16.6 Å². The van der Waals surface area contributed by atoms with Crippen molar-refractivity contribution in [2.75, 3.05) is 9.80 Å². The highest BCUT2D eigenvalue weighted by Crippen LogP contribution is 2.24. The highest BCUT2D eigenvalue weighted by atomic mass is 35.5. The van der Waals surface area contributed by atoms with Gasteiger partial charge in [0.05, 0.1) is 37.6 Å². The van der Waals surface area contributed by atoms with E-state index < -0.39 is 0 Å². The zero-order chi connectivity index (χ0) is 23.9. The molecule has 0 radical (unpaired) electrons. The largest absolute Gasteiger partial charge is 0.330 e. The summed E-state index contributed by atoms with van der Waals surface area (Å²) in [5, 5.41) is 4.28. The molecule has 5 rings (SSSR count). The Bertz CT molecular complexity index is 1220. The molecule has 0 saturated heterocycles. The van der Waals surface area contributed by atoms with E-state index in [2.05, 4.69) is 52.6 Å². The van der Waals surface area contributed by atoms with Crippen molar-refractivity contribution in [2.45, 2.75) is 26.2 Å². The maximum absolute atomic E-state index is 6.47. The number of rotatable bonds is 10. The number of anilines is 2. The summed E-state index contributed by atoms with van der Waals surface area (Å²) in [5.41, 5.74) is 1.84. The lowest BCUT2D eigenvalue weighted by atomic mass is 10.3. The van der Waals surface area contributed by atoms with E-state index in [1.165, 1.54) is 9.75 Å². The number of aromatic nitrogens is 5. The molecule has 0 aliphatic rings. The Labute approximate surface area is 216 Å². The molecule has 5 aromatic heterocycles. The molecule has 0 saturated carbocycles. The van der Waals surface area contributed by atoms with Gasteiger partial charge < -0.3 is 9.80 Å². The molecule has 0 amide bonds. The van der Waals surface area contributed by atoms with Gasteiger partial charge in [-0.25, -0.2) is 0 Å². The van der Waals surface area contributed by atoms with Crippen LogP contribution in [0.3, 0.4) is 0 Å². The molecular formula is C25H22ClN7S2. The van der Waals surface area contributed by atoms with Crippen LogP contribution in [0.1, 0.15) is 21.1 Å². The zero-order valence-corrected chi connectivity index (χ0v) is 21.1. The minimum atomic E-state index is 0.152.